The molecule has 1 aromatic carbocycles. The maximum Gasteiger partial charge on any atom is 0.192 e. The Labute approximate surface area is 109 Å². The van der Waals surface area contributed by atoms with Gasteiger partial charge in [0.1, 0.15) is 5.82 Å². The van der Waals surface area contributed by atoms with Crippen molar-refractivity contribution in [3.8, 4) is 0 Å². The van der Waals surface area contributed by atoms with Gasteiger partial charge < -0.3 is 10.6 Å². The molecule has 0 amide bonds. The number of halogens is 2. The van der Waals surface area contributed by atoms with Crippen molar-refractivity contribution in [2.75, 3.05) is 6.54 Å². The number of hydrogen-bond acceptors (Lipinski definition) is 3. The minimum Gasteiger partial charge on any atom is -0.370 e. The lowest BCUT2D eigenvalue weighted by molar-refractivity contribution is 0.289. The average molecular weight is 300 g/mol. The molecule has 1 aromatic rings. The summed E-state index contributed by atoms with van der Waals surface area (Å²) >= 11 is 3.15. The fourth-order valence-electron chi connectivity index (χ4n) is 2.12. The fraction of sp³-hybridized carbons (Fsp3) is 0.417. The number of nitrogens with zero attached hydrogens (tertiary/aromatic N) is 2. The van der Waals surface area contributed by atoms with Gasteiger partial charge in [-0.05, 0) is 47.5 Å². The lowest BCUT2D eigenvalue weighted by Gasteiger charge is -2.30. The van der Waals surface area contributed by atoms with Gasteiger partial charge >= 0.3 is 0 Å². The molecule has 0 aliphatic carbocycles. The van der Waals surface area contributed by atoms with Crippen LogP contribution in [0.2, 0.25) is 0 Å². The lowest BCUT2D eigenvalue weighted by atomic mass is 10.1. The average Bonchev–Trinajstić information content (AvgIpc) is 2.64. The van der Waals surface area contributed by atoms with Crippen LogP contribution in [0.15, 0.2) is 27.7 Å². The number of nitrogens with two attached hydrogens (primary N) is 1. The Bertz CT molecular complexity index is 459. The molecule has 1 aliphatic rings. The molecule has 1 heterocycles. The molecule has 0 bridgehead atoms. The van der Waals surface area contributed by atoms with Gasteiger partial charge in [0.25, 0.3) is 0 Å². The largest absolute Gasteiger partial charge is 0.370 e. The summed E-state index contributed by atoms with van der Waals surface area (Å²) in [6.45, 7) is 4.69. The van der Waals surface area contributed by atoms with Gasteiger partial charge in [-0.25, -0.2) is 4.39 Å². The molecule has 0 saturated carbocycles. The molecule has 3 nitrogen and oxygen atoms in total. The minimum atomic E-state index is -0.253. The molecule has 5 heteroatoms. The van der Waals surface area contributed by atoms with Crippen molar-refractivity contribution in [2.24, 2.45) is 10.7 Å². The quantitative estimate of drug-likeness (QED) is 0.912. The van der Waals surface area contributed by atoms with E-state index in [0.717, 1.165) is 5.56 Å². The van der Waals surface area contributed by atoms with E-state index in [4.69, 9.17) is 5.73 Å². The summed E-state index contributed by atoms with van der Waals surface area (Å²) in [5.41, 5.74) is 6.75. The van der Waals surface area contributed by atoms with E-state index in [-0.39, 0.29) is 17.9 Å². The predicted octanol–water partition coefficient (Wildman–Crippen LogP) is 2.67. The van der Waals surface area contributed by atoms with Gasteiger partial charge in [0.15, 0.2) is 5.96 Å². The van der Waals surface area contributed by atoms with Crippen molar-refractivity contribution in [1.29, 1.82) is 0 Å². The first kappa shape index (κ1) is 12.4. The van der Waals surface area contributed by atoms with E-state index in [9.17, 15) is 4.39 Å². The Morgan fingerprint density at radius 3 is 2.82 bits per heavy atom. The van der Waals surface area contributed by atoms with E-state index in [1.165, 1.54) is 6.07 Å². The number of aliphatic imine (C=N–C) groups is 1. The molecule has 0 saturated heterocycles. The van der Waals surface area contributed by atoms with Gasteiger partial charge in [0.05, 0.1) is 17.1 Å². The third kappa shape index (κ3) is 2.29. The zero-order valence-electron chi connectivity index (χ0n) is 9.82. The third-order valence-electron chi connectivity index (χ3n) is 2.91. The summed E-state index contributed by atoms with van der Waals surface area (Å²) in [4.78, 5) is 6.25. The summed E-state index contributed by atoms with van der Waals surface area (Å²) in [7, 11) is 0. The Morgan fingerprint density at radius 2 is 2.24 bits per heavy atom. The van der Waals surface area contributed by atoms with Gasteiger partial charge in [-0.1, -0.05) is 6.07 Å². The third-order valence-corrected chi connectivity index (χ3v) is 3.55. The summed E-state index contributed by atoms with van der Waals surface area (Å²) in [6.07, 6.45) is 0. The molecule has 0 aromatic heterocycles. The van der Waals surface area contributed by atoms with E-state index < -0.39 is 0 Å². The molecule has 1 aliphatic heterocycles. The first-order valence-corrected chi connectivity index (χ1v) is 6.33. The number of hydrogen-bond donors (Lipinski definition) is 1. The fourth-order valence-corrected chi connectivity index (χ4v) is 2.37. The van der Waals surface area contributed by atoms with Crippen LogP contribution in [0.5, 0.6) is 0 Å². The summed E-state index contributed by atoms with van der Waals surface area (Å²) in [5.74, 6) is 0.282. The SMILES string of the molecule is CC(C)N1C(N)=NCC1c1ccc(Br)c(F)c1. The van der Waals surface area contributed by atoms with Crippen LogP contribution in [0.25, 0.3) is 0 Å². The molecule has 0 radical (unpaired) electrons. The molecule has 17 heavy (non-hydrogen) atoms. The Balaban J connectivity index is 2.31. The van der Waals surface area contributed by atoms with Gasteiger partial charge in [0.2, 0.25) is 0 Å². The van der Waals surface area contributed by atoms with Crippen LogP contribution in [0.4, 0.5) is 4.39 Å². The van der Waals surface area contributed by atoms with Crippen LogP contribution in [0, 0.1) is 5.82 Å². The van der Waals surface area contributed by atoms with Crippen LogP contribution >= 0.6 is 15.9 Å². The monoisotopic (exact) mass is 299 g/mol. The zero-order chi connectivity index (χ0) is 12.6. The van der Waals surface area contributed by atoms with Gasteiger partial charge in [-0.3, -0.25) is 4.99 Å². The highest BCUT2D eigenvalue weighted by Gasteiger charge is 2.29. The molecule has 2 N–H and O–H groups in total. The first-order valence-electron chi connectivity index (χ1n) is 5.54. The molecule has 0 fully saturated rings. The lowest BCUT2D eigenvalue weighted by Crippen LogP contribution is -2.40. The van der Waals surface area contributed by atoms with Crippen LogP contribution in [0.1, 0.15) is 25.5 Å². The van der Waals surface area contributed by atoms with Crippen molar-refractivity contribution in [3.05, 3.63) is 34.1 Å². The van der Waals surface area contributed by atoms with Crippen molar-refractivity contribution < 1.29 is 4.39 Å². The van der Waals surface area contributed by atoms with E-state index in [2.05, 4.69) is 34.8 Å². The summed E-state index contributed by atoms with van der Waals surface area (Å²) < 4.78 is 14.0. The highest BCUT2D eigenvalue weighted by atomic mass is 79.9. The number of rotatable bonds is 2. The van der Waals surface area contributed by atoms with Crippen molar-refractivity contribution in [3.63, 3.8) is 0 Å². The van der Waals surface area contributed by atoms with Crippen LogP contribution in [-0.4, -0.2) is 23.4 Å². The van der Waals surface area contributed by atoms with E-state index in [1.54, 1.807) is 6.07 Å². The van der Waals surface area contributed by atoms with Crippen molar-refractivity contribution in [1.82, 2.24) is 4.90 Å². The van der Waals surface area contributed by atoms with Crippen LogP contribution in [0.3, 0.4) is 0 Å². The first-order chi connectivity index (χ1) is 8.00. The number of guanidine groups is 1. The second kappa shape index (κ2) is 4.64. The Kier molecular flexibility index (Phi) is 3.38. The highest BCUT2D eigenvalue weighted by molar-refractivity contribution is 9.10. The summed E-state index contributed by atoms with van der Waals surface area (Å²) in [5, 5.41) is 0. The second-order valence-electron chi connectivity index (χ2n) is 4.39. The standard InChI is InChI=1S/C12H15BrFN3/c1-7(2)17-11(6-16-12(17)15)8-3-4-9(13)10(14)5-8/h3-5,7,11H,6H2,1-2H3,(H2,15,16). The van der Waals surface area contributed by atoms with Crippen molar-refractivity contribution >= 4 is 21.9 Å². The Hall–Kier alpha value is -1.10. The van der Waals surface area contributed by atoms with Gasteiger partial charge in [-0.15, -0.1) is 0 Å². The molecule has 2 rings (SSSR count). The minimum absolute atomic E-state index is 0.0394. The Morgan fingerprint density at radius 1 is 1.53 bits per heavy atom. The molecular formula is C12H15BrFN3. The van der Waals surface area contributed by atoms with E-state index in [1.807, 2.05) is 11.0 Å². The van der Waals surface area contributed by atoms with Gasteiger partial charge in [-0.2, -0.15) is 0 Å². The zero-order valence-corrected chi connectivity index (χ0v) is 11.4. The highest BCUT2D eigenvalue weighted by Crippen LogP contribution is 2.29. The predicted molar refractivity (Wildman–Crippen MR) is 70.3 cm³/mol. The molecule has 1 atom stereocenters. The number of benzene rings is 1. The van der Waals surface area contributed by atoms with Crippen LogP contribution in [-0.2, 0) is 0 Å². The van der Waals surface area contributed by atoms with Crippen molar-refractivity contribution in [2.45, 2.75) is 25.9 Å². The smallest absolute Gasteiger partial charge is 0.192 e. The second-order valence-corrected chi connectivity index (χ2v) is 5.24. The maximum atomic E-state index is 13.5. The molecule has 92 valence electrons. The van der Waals surface area contributed by atoms with E-state index in [0.29, 0.717) is 17.0 Å². The van der Waals surface area contributed by atoms with E-state index >= 15 is 0 Å². The molecule has 0 spiro atoms. The summed E-state index contributed by atoms with van der Waals surface area (Å²) in [6, 6.07) is 5.45. The maximum absolute atomic E-state index is 13.5. The van der Waals surface area contributed by atoms with Crippen LogP contribution < -0.4 is 5.73 Å². The molecular weight excluding hydrogens is 285 g/mol. The molecule has 1 unspecified atom stereocenters. The van der Waals surface area contributed by atoms with Gasteiger partial charge in [0, 0.05) is 6.04 Å². The topological polar surface area (TPSA) is 41.6 Å². The normalized spacial score (nSPS) is 19.9.